The zero-order chi connectivity index (χ0) is 18.7. The number of carboxylic acids is 1. The lowest BCUT2D eigenvalue weighted by Crippen LogP contribution is -2.39. The van der Waals surface area contributed by atoms with E-state index in [1.807, 2.05) is 0 Å². The van der Waals surface area contributed by atoms with E-state index in [9.17, 15) is 18.0 Å². The van der Waals surface area contributed by atoms with Gasteiger partial charge in [0.2, 0.25) is 10.0 Å². The van der Waals surface area contributed by atoms with E-state index < -0.39 is 27.3 Å². The van der Waals surface area contributed by atoms with Crippen LogP contribution in [0.4, 0.5) is 0 Å². The molecule has 8 heteroatoms. The number of hydrogen-bond acceptors (Lipinski definition) is 4. The molecule has 1 amide bonds. The van der Waals surface area contributed by atoms with Crippen molar-refractivity contribution in [1.82, 2.24) is 9.62 Å². The number of nitrogens with one attached hydrogen (secondary N) is 1. The molecule has 0 unspecified atom stereocenters. The molecular formula is C16H24N2O5S. The van der Waals surface area contributed by atoms with Crippen molar-refractivity contribution in [2.45, 2.75) is 38.6 Å². The van der Waals surface area contributed by atoms with Gasteiger partial charge in [0, 0.05) is 25.2 Å². The Labute approximate surface area is 142 Å². The minimum atomic E-state index is -3.69. The molecule has 7 nitrogen and oxygen atoms in total. The third-order valence-corrected chi connectivity index (χ3v) is 5.80. The highest BCUT2D eigenvalue weighted by Crippen LogP contribution is 2.18. The molecule has 0 fully saturated rings. The van der Waals surface area contributed by atoms with Crippen LogP contribution in [-0.2, 0) is 14.8 Å². The first-order chi connectivity index (χ1) is 10.9. The van der Waals surface area contributed by atoms with Crippen molar-refractivity contribution in [3.8, 4) is 0 Å². The van der Waals surface area contributed by atoms with E-state index in [4.69, 9.17) is 5.11 Å². The molecule has 0 saturated carbocycles. The molecule has 2 N–H and O–H groups in total. The fourth-order valence-electron chi connectivity index (χ4n) is 1.72. The highest BCUT2D eigenvalue weighted by molar-refractivity contribution is 7.89. The monoisotopic (exact) mass is 356 g/mol. The molecule has 134 valence electrons. The minimum Gasteiger partial charge on any atom is -0.481 e. The lowest BCUT2D eigenvalue weighted by Gasteiger charge is -2.21. The van der Waals surface area contributed by atoms with Gasteiger partial charge in [0.25, 0.3) is 5.91 Å². The lowest BCUT2D eigenvalue weighted by atomic mass is 9.94. The number of rotatable bonds is 7. The van der Waals surface area contributed by atoms with Crippen molar-refractivity contribution < 1.29 is 23.1 Å². The largest absolute Gasteiger partial charge is 0.481 e. The zero-order valence-corrected chi connectivity index (χ0v) is 15.3. The maximum absolute atomic E-state index is 12.5. The van der Waals surface area contributed by atoms with Crippen LogP contribution in [0.25, 0.3) is 0 Å². The summed E-state index contributed by atoms with van der Waals surface area (Å²) in [6, 6.07) is 5.46. The molecule has 1 aromatic carbocycles. The number of sulfonamides is 1. The van der Waals surface area contributed by atoms with Crippen molar-refractivity contribution in [1.29, 1.82) is 0 Å². The molecule has 0 heterocycles. The Morgan fingerprint density at radius 1 is 1.29 bits per heavy atom. The molecule has 0 bridgehead atoms. The Hall–Kier alpha value is -1.93. The highest BCUT2D eigenvalue weighted by Gasteiger charge is 2.28. The van der Waals surface area contributed by atoms with Gasteiger partial charge in [-0.15, -0.1) is 0 Å². The van der Waals surface area contributed by atoms with Crippen LogP contribution in [-0.4, -0.2) is 49.3 Å². The molecular weight excluding hydrogens is 332 g/mol. The summed E-state index contributed by atoms with van der Waals surface area (Å²) in [6.07, 6.45) is 0. The van der Waals surface area contributed by atoms with Crippen LogP contribution in [0.5, 0.6) is 0 Å². The number of amides is 1. The quantitative estimate of drug-likeness (QED) is 0.771. The number of carbonyl (C=O) groups is 2. The SMILES string of the molecule is CC(C)N(C)S(=O)(=O)c1cccc(C(=O)NCC(C)(C)C(=O)O)c1. The van der Waals surface area contributed by atoms with E-state index in [1.165, 1.54) is 49.5 Å². The summed E-state index contributed by atoms with van der Waals surface area (Å²) < 4.78 is 26.2. The van der Waals surface area contributed by atoms with Crippen LogP contribution in [0.15, 0.2) is 29.2 Å². The van der Waals surface area contributed by atoms with E-state index >= 15 is 0 Å². The summed E-state index contributed by atoms with van der Waals surface area (Å²) in [7, 11) is -2.22. The number of carboxylic acid groups (broad SMARTS) is 1. The van der Waals surface area contributed by atoms with Crippen molar-refractivity contribution in [3.63, 3.8) is 0 Å². The molecule has 0 aromatic heterocycles. The average molecular weight is 356 g/mol. The fourth-order valence-corrected chi connectivity index (χ4v) is 3.13. The first-order valence-electron chi connectivity index (χ1n) is 7.49. The van der Waals surface area contributed by atoms with E-state index in [-0.39, 0.29) is 23.0 Å². The van der Waals surface area contributed by atoms with Gasteiger partial charge in [0.05, 0.1) is 10.3 Å². The van der Waals surface area contributed by atoms with E-state index in [0.29, 0.717) is 0 Å². The molecule has 0 atom stereocenters. The van der Waals surface area contributed by atoms with Gasteiger partial charge in [-0.1, -0.05) is 6.07 Å². The molecule has 0 saturated heterocycles. The summed E-state index contributed by atoms with van der Waals surface area (Å²) in [4.78, 5) is 23.3. The van der Waals surface area contributed by atoms with Crippen molar-refractivity contribution >= 4 is 21.9 Å². The first kappa shape index (κ1) is 20.1. The summed E-state index contributed by atoms with van der Waals surface area (Å²) in [5.41, 5.74) is -0.952. The summed E-state index contributed by atoms with van der Waals surface area (Å²) in [5, 5.41) is 11.6. The standard InChI is InChI=1S/C16H24N2O5S/c1-11(2)18(5)24(22,23)13-8-6-7-12(9-13)14(19)17-10-16(3,4)15(20)21/h6-9,11H,10H2,1-5H3,(H,17,19)(H,20,21). The molecule has 1 rings (SSSR count). The molecule has 1 aromatic rings. The third-order valence-electron chi connectivity index (χ3n) is 3.77. The number of hydrogen-bond donors (Lipinski definition) is 2. The predicted molar refractivity (Wildman–Crippen MR) is 90.3 cm³/mol. The van der Waals surface area contributed by atoms with Gasteiger partial charge in [-0.2, -0.15) is 4.31 Å². The van der Waals surface area contributed by atoms with E-state index in [2.05, 4.69) is 5.32 Å². The Balaban J connectivity index is 3.01. The summed E-state index contributed by atoms with van der Waals surface area (Å²) in [5.74, 6) is -1.55. The van der Waals surface area contributed by atoms with Gasteiger partial charge in [-0.3, -0.25) is 9.59 Å². The van der Waals surface area contributed by atoms with Gasteiger partial charge in [0.15, 0.2) is 0 Å². The van der Waals surface area contributed by atoms with Crippen LogP contribution in [0.3, 0.4) is 0 Å². The van der Waals surface area contributed by atoms with Gasteiger partial charge in [-0.25, -0.2) is 8.42 Å². The van der Waals surface area contributed by atoms with Crippen molar-refractivity contribution in [3.05, 3.63) is 29.8 Å². The molecule has 0 spiro atoms. The van der Waals surface area contributed by atoms with Crippen molar-refractivity contribution in [2.75, 3.05) is 13.6 Å². The molecule has 0 aliphatic carbocycles. The maximum Gasteiger partial charge on any atom is 0.310 e. The van der Waals surface area contributed by atoms with Crippen molar-refractivity contribution in [2.24, 2.45) is 5.41 Å². The summed E-state index contributed by atoms with van der Waals surface area (Å²) in [6.45, 7) is 6.43. The second-order valence-electron chi connectivity index (χ2n) is 6.51. The maximum atomic E-state index is 12.5. The van der Waals surface area contributed by atoms with Gasteiger partial charge in [-0.05, 0) is 45.9 Å². The first-order valence-corrected chi connectivity index (χ1v) is 8.93. The van der Waals surface area contributed by atoms with Crippen LogP contribution in [0.1, 0.15) is 38.1 Å². The molecule has 0 radical (unpaired) electrons. The Morgan fingerprint density at radius 2 is 1.88 bits per heavy atom. The topological polar surface area (TPSA) is 104 Å². The van der Waals surface area contributed by atoms with E-state index in [1.54, 1.807) is 13.8 Å². The van der Waals surface area contributed by atoms with Gasteiger partial charge >= 0.3 is 5.97 Å². The smallest absolute Gasteiger partial charge is 0.310 e. The van der Waals surface area contributed by atoms with E-state index in [0.717, 1.165) is 0 Å². The van der Waals surface area contributed by atoms with Gasteiger partial charge < -0.3 is 10.4 Å². The highest BCUT2D eigenvalue weighted by atomic mass is 32.2. The van der Waals surface area contributed by atoms with Crippen LogP contribution < -0.4 is 5.32 Å². The minimum absolute atomic E-state index is 0.0174. The fraction of sp³-hybridized carbons (Fsp3) is 0.500. The lowest BCUT2D eigenvalue weighted by molar-refractivity contribution is -0.146. The zero-order valence-electron chi connectivity index (χ0n) is 14.5. The second kappa shape index (κ2) is 7.31. The Bertz CT molecular complexity index is 726. The Kier molecular flexibility index (Phi) is 6.13. The predicted octanol–water partition coefficient (Wildman–Crippen LogP) is 1.56. The molecule has 24 heavy (non-hydrogen) atoms. The molecule has 0 aliphatic heterocycles. The van der Waals surface area contributed by atoms with Gasteiger partial charge in [0.1, 0.15) is 0 Å². The molecule has 0 aliphatic rings. The van der Waals surface area contributed by atoms with Crippen LogP contribution >= 0.6 is 0 Å². The number of aliphatic carboxylic acids is 1. The number of carbonyl (C=O) groups excluding carboxylic acids is 1. The normalized spacial score (nSPS) is 12.5. The Morgan fingerprint density at radius 3 is 2.38 bits per heavy atom. The number of benzene rings is 1. The summed E-state index contributed by atoms with van der Waals surface area (Å²) >= 11 is 0. The second-order valence-corrected chi connectivity index (χ2v) is 8.51. The number of nitrogens with zero attached hydrogens (tertiary/aromatic N) is 1. The third kappa shape index (κ3) is 4.55. The van der Waals surface area contributed by atoms with Crippen LogP contribution in [0.2, 0.25) is 0 Å². The average Bonchev–Trinajstić information content (AvgIpc) is 2.51. The van der Waals surface area contributed by atoms with Crippen LogP contribution in [0, 0.1) is 5.41 Å².